The standard InChI is InChI=1S/C24H48O2/c1-22(2)19-17-15-13-11-9-7-5-6-8-10-12-14-16-18-20-26-24(25)21-23(3)4/h22-23H,5-21H2,1-4H3. The molecule has 0 aliphatic rings. The van der Waals surface area contributed by atoms with Crippen LogP contribution in [0.25, 0.3) is 0 Å². The summed E-state index contributed by atoms with van der Waals surface area (Å²) < 4.78 is 5.24. The molecule has 0 aliphatic heterocycles. The smallest absolute Gasteiger partial charge is 0.306 e. The Hall–Kier alpha value is -0.530. The topological polar surface area (TPSA) is 26.3 Å². The molecule has 0 saturated heterocycles. The third-order valence-corrected chi connectivity index (χ3v) is 5.01. The molecule has 0 heterocycles. The van der Waals surface area contributed by atoms with Crippen LogP contribution in [0.4, 0.5) is 0 Å². The Morgan fingerprint density at radius 1 is 0.577 bits per heavy atom. The Morgan fingerprint density at radius 3 is 1.35 bits per heavy atom. The van der Waals surface area contributed by atoms with Crippen LogP contribution in [0.15, 0.2) is 0 Å². The van der Waals surface area contributed by atoms with E-state index in [0.717, 1.165) is 12.3 Å². The second kappa shape index (κ2) is 19.2. The van der Waals surface area contributed by atoms with Gasteiger partial charge in [-0.25, -0.2) is 0 Å². The van der Waals surface area contributed by atoms with E-state index in [1.807, 2.05) is 0 Å². The first-order valence-corrected chi connectivity index (χ1v) is 11.7. The molecule has 0 aromatic carbocycles. The molecule has 0 N–H and O–H groups in total. The normalized spacial score (nSPS) is 11.5. The Morgan fingerprint density at radius 2 is 0.962 bits per heavy atom. The van der Waals surface area contributed by atoms with E-state index in [9.17, 15) is 4.79 Å². The van der Waals surface area contributed by atoms with E-state index in [1.54, 1.807) is 0 Å². The molecule has 0 rings (SSSR count). The second-order valence-corrected chi connectivity index (χ2v) is 8.95. The minimum atomic E-state index is -0.0319. The fraction of sp³-hybridized carbons (Fsp3) is 0.958. The van der Waals surface area contributed by atoms with Crippen LogP contribution in [-0.2, 0) is 9.53 Å². The lowest BCUT2D eigenvalue weighted by atomic mass is 10.0. The zero-order valence-corrected chi connectivity index (χ0v) is 18.5. The summed E-state index contributed by atoms with van der Waals surface area (Å²) in [6.45, 7) is 9.37. The number of unbranched alkanes of at least 4 members (excludes halogenated alkanes) is 13. The molecule has 0 aliphatic carbocycles. The molecule has 0 unspecified atom stereocenters. The molecule has 0 aromatic rings. The molecule has 0 bridgehead atoms. The van der Waals surface area contributed by atoms with Gasteiger partial charge < -0.3 is 4.74 Å². The van der Waals surface area contributed by atoms with Crippen LogP contribution in [0.5, 0.6) is 0 Å². The van der Waals surface area contributed by atoms with Crippen LogP contribution in [-0.4, -0.2) is 12.6 Å². The number of rotatable bonds is 19. The largest absolute Gasteiger partial charge is 0.466 e. The van der Waals surface area contributed by atoms with Crippen molar-refractivity contribution in [2.45, 2.75) is 130 Å². The van der Waals surface area contributed by atoms with Gasteiger partial charge >= 0.3 is 5.97 Å². The fourth-order valence-corrected chi connectivity index (χ4v) is 3.35. The number of carbonyl (C=O) groups excluding carboxylic acids is 1. The summed E-state index contributed by atoms with van der Waals surface area (Å²) in [5.74, 6) is 1.25. The first-order chi connectivity index (χ1) is 12.5. The average Bonchev–Trinajstić information content (AvgIpc) is 2.56. The lowest BCUT2D eigenvalue weighted by molar-refractivity contribution is -0.144. The Balaban J connectivity index is 3.08. The van der Waals surface area contributed by atoms with Crippen LogP contribution < -0.4 is 0 Å². The minimum absolute atomic E-state index is 0.0319. The van der Waals surface area contributed by atoms with E-state index in [4.69, 9.17) is 4.74 Å². The molecule has 156 valence electrons. The highest BCUT2D eigenvalue weighted by Crippen LogP contribution is 2.14. The third-order valence-electron chi connectivity index (χ3n) is 5.01. The van der Waals surface area contributed by atoms with Crippen molar-refractivity contribution < 1.29 is 9.53 Å². The van der Waals surface area contributed by atoms with Crippen molar-refractivity contribution >= 4 is 5.97 Å². The molecular formula is C24H48O2. The van der Waals surface area contributed by atoms with Gasteiger partial charge in [-0.1, -0.05) is 118 Å². The van der Waals surface area contributed by atoms with Crippen molar-refractivity contribution in [2.24, 2.45) is 11.8 Å². The van der Waals surface area contributed by atoms with Gasteiger partial charge in [0.15, 0.2) is 0 Å². The van der Waals surface area contributed by atoms with E-state index in [0.29, 0.717) is 18.9 Å². The van der Waals surface area contributed by atoms with Gasteiger partial charge in [0.25, 0.3) is 0 Å². The lowest BCUT2D eigenvalue weighted by Gasteiger charge is -2.06. The van der Waals surface area contributed by atoms with Gasteiger partial charge in [0, 0.05) is 6.42 Å². The Kier molecular flexibility index (Phi) is 18.8. The summed E-state index contributed by atoms with van der Waals surface area (Å²) in [7, 11) is 0. The quantitative estimate of drug-likeness (QED) is 0.170. The number of hydrogen-bond donors (Lipinski definition) is 0. The summed E-state index contributed by atoms with van der Waals surface area (Å²) in [6.07, 6.45) is 21.1. The predicted octanol–water partition coefficient (Wildman–Crippen LogP) is 8.08. The highest BCUT2D eigenvalue weighted by atomic mass is 16.5. The Labute approximate surface area is 164 Å². The first-order valence-electron chi connectivity index (χ1n) is 11.7. The van der Waals surface area contributed by atoms with Crippen LogP contribution >= 0.6 is 0 Å². The highest BCUT2D eigenvalue weighted by Gasteiger charge is 2.05. The van der Waals surface area contributed by atoms with Gasteiger partial charge in [0.1, 0.15) is 0 Å². The number of ether oxygens (including phenoxy) is 1. The molecule has 0 amide bonds. The third kappa shape index (κ3) is 21.5. The van der Waals surface area contributed by atoms with E-state index in [-0.39, 0.29) is 5.97 Å². The molecule has 0 atom stereocenters. The van der Waals surface area contributed by atoms with Gasteiger partial charge in [-0.3, -0.25) is 4.79 Å². The first kappa shape index (κ1) is 25.5. The maximum absolute atomic E-state index is 11.4. The van der Waals surface area contributed by atoms with Gasteiger partial charge in [0.2, 0.25) is 0 Å². The second-order valence-electron chi connectivity index (χ2n) is 8.95. The minimum Gasteiger partial charge on any atom is -0.466 e. The maximum atomic E-state index is 11.4. The highest BCUT2D eigenvalue weighted by molar-refractivity contribution is 5.69. The van der Waals surface area contributed by atoms with E-state index in [1.165, 1.54) is 89.9 Å². The van der Waals surface area contributed by atoms with Crippen molar-refractivity contribution in [2.75, 3.05) is 6.61 Å². The molecule has 26 heavy (non-hydrogen) atoms. The van der Waals surface area contributed by atoms with Crippen molar-refractivity contribution in [3.05, 3.63) is 0 Å². The van der Waals surface area contributed by atoms with Crippen LogP contribution in [0.1, 0.15) is 130 Å². The summed E-state index contributed by atoms with van der Waals surface area (Å²) in [4.78, 5) is 11.4. The number of carbonyl (C=O) groups is 1. The SMILES string of the molecule is CC(C)CCCCCCCCCCCCCCCCOC(=O)CC(C)C. The van der Waals surface area contributed by atoms with Crippen molar-refractivity contribution in [3.63, 3.8) is 0 Å². The average molecular weight is 369 g/mol. The molecule has 0 saturated carbocycles. The molecule has 0 fully saturated rings. The molecule has 0 aromatic heterocycles. The van der Waals surface area contributed by atoms with Crippen LogP contribution in [0.2, 0.25) is 0 Å². The van der Waals surface area contributed by atoms with Crippen molar-refractivity contribution in [3.8, 4) is 0 Å². The summed E-state index contributed by atoms with van der Waals surface area (Å²) in [5.41, 5.74) is 0. The monoisotopic (exact) mass is 368 g/mol. The summed E-state index contributed by atoms with van der Waals surface area (Å²) in [5, 5.41) is 0. The van der Waals surface area contributed by atoms with E-state index < -0.39 is 0 Å². The van der Waals surface area contributed by atoms with Crippen LogP contribution in [0.3, 0.4) is 0 Å². The lowest BCUT2D eigenvalue weighted by Crippen LogP contribution is -2.08. The number of esters is 1. The van der Waals surface area contributed by atoms with Gasteiger partial charge in [0.05, 0.1) is 6.61 Å². The molecular weight excluding hydrogens is 320 g/mol. The van der Waals surface area contributed by atoms with Gasteiger partial charge in [-0.15, -0.1) is 0 Å². The zero-order valence-electron chi connectivity index (χ0n) is 18.5. The molecule has 0 radical (unpaired) electrons. The molecule has 2 nitrogen and oxygen atoms in total. The van der Waals surface area contributed by atoms with Crippen molar-refractivity contribution in [1.29, 1.82) is 0 Å². The molecule has 2 heteroatoms. The zero-order chi connectivity index (χ0) is 19.5. The van der Waals surface area contributed by atoms with Gasteiger partial charge in [-0.05, 0) is 18.3 Å². The van der Waals surface area contributed by atoms with E-state index in [2.05, 4.69) is 27.7 Å². The van der Waals surface area contributed by atoms with E-state index >= 15 is 0 Å². The Bertz CT molecular complexity index is 297. The predicted molar refractivity (Wildman–Crippen MR) is 115 cm³/mol. The molecule has 0 spiro atoms. The summed E-state index contributed by atoms with van der Waals surface area (Å²) >= 11 is 0. The maximum Gasteiger partial charge on any atom is 0.306 e. The van der Waals surface area contributed by atoms with Crippen molar-refractivity contribution in [1.82, 2.24) is 0 Å². The number of hydrogen-bond acceptors (Lipinski definition) is 2. The van der Waals surface area contributed by atoms with Crippen LogP contribution in [0, 0.1) is 11.8 Å². The fourth-order valence-electron chi connectivity index (χ4n) is 3.35. The summed E-state index contributed by atoms with van der Waals surface area (Å²) in [6, 6.07) is 0. The van der Waals surface area contributed by atoms with Gasteiger partial charge in [-0.2, -0.15) is 0 Å².